The summed E-state index contributed by atoms with van der Waals surface area (Å²) in [5.74, 6) is 0. The van der Waals surface area contributed by atoms with Gasteiger partial charge in [-0.25, -0.2) is 13.1 Å². The molecule has 0 bridgehead atoms. The van der Waals surface area contributed by atoms with Crippen LogP contribution in [-0.2, 0) is 10.0 Å². The number of rotatable bonds is 6. The van der Waals surface area contributed by atoms with Crippen LogP contribution in [0.3, 0.4) is 0 Å². The number of hydrogen-bond donors (Lipinski definition) is 2. The molecule has 0 aliphatic heterocycles. The van der Waals surface area contributed by atoms with Gasteiger partial charge in [-0.3, -0.25) is 0 Å². The van der Waals surface area contributed by atoms with Crippen LogP contribution in [0.1, 0.15) is 6.92 Å². The van der Waals surface area contributed by atoms with Gasteiger partial charge < -0.3 is 5.32 Å². The molecule has 0 aromatic heterocycles. The van der Waals surface area contributed by atoms with Gasteiger partial charge in [0.15, 0.2) is 0 Å². The first kappa shape index (κ1) is 18.1. The number of sulfonamides is 1. The first-order valence-corrected chi connectivity index (χ1v) is 7.79. The number of nitrogens with one attached hydrogen (secondary N) is 2. The van der Waals surface area contributed by atoms with Gasteiger partial charge in [-0.15, -0.1) is 12.4 Å². The van der Waals surface area contributed by atoms with E-state index in [9.17, 15) is 8.42 Å². The van der Waals surface area contributed by atoms with Crippen molar-refractivity contribution in [2.75, 3.05) is 19.6 Å². The van der Waals surface area contributed by atoms with Crippen LogP contribution in [0.2, 0.25) is 5.02 Å². The SMILES string of the molecule is CCNCCNS(=O)(=O)c1cccc(Cl)c1Br.Cl. The van der Waals surface area contributed by atoms with Crippen LogP contribution in [0.4, 0.5) is 0 Å². The maximum Gasteiger partial charge on any atom is 0.241 e. The molecule has 0 spiro atoms. The minimum absolute atomic E-state index is 0. The third-order valence-electron chi connectivity index (χ3n) is 2.05. The average molecular weight is 378 g/mol. The van der Waals surface area contributed by atoms with Crippen molar-refractivity contribution in [2.45, 2.75) is 11.8 Å². The monoisotopic (exact) mass is 376 g/mol. The van der Waals surface area contributed by atoms with Crippen molar-refractivity contribution >= 4 is 50.0 Å². The Kier molecular flexibility index (Phi) is 8.42. The molecule has 1 aromatic carbocycles. The topological polar surface area (TPSA) is 58.2 Å². The van der Waals surface area contributed by atoms with E-state index in [4.69, 9.17) is 11.6 Å². The van der Waals surface area contributed by atoms with Gasteiger partial charge in [0.2, 0.25) is 10.0 Å². The molecule has 2 N–H and O–H groups in total. The smallest absolute Gasteiger partial charge is 0.241 e. The summed E-state index contributed by atoms with van der Waals surface area (Å²) in [7, 11) is -3.52. The van der Waals surface area contributed by atoms with Crippen LogP contribution < -0.4 is 10.0 Å². The third-order valence-corrected chi connectivity index (χ3v) is 5.21. The van der Waals surface area contributed by atoms with E-state index in [1.807, 2.05) is 6.92 Å². The van der Waals surface area contributed by atoms with Crippen molar-refractivity contribution in [2.24, 2.45) is 0 Å². The van der Waals surface area contributed by atoms with Crippen molar-refractivity contribution in [1.82, 2.24) is 10.0 Å². The molecular weight excluding hydrogens is 363 g/mol. The first-order valence-electron chi connectivity index (χ1n) is 5.13. The largest absolute Gasteiger partial charge is 0.316 e. The van der Waals surface area contributed by atoms with Crippen LogP contribution in [-0.4, -0.2) is 28.1 Å². The molecule has 0 aliphatic rings. The zero-order valence-corrected chi connectivity index (χ0v) is 13.7. The van der Waals surface area contributed by atoms with Crippen LogP contribution in [0, 0.1) is 0 Å². The molecule has 0 amide bonds. The van der Waals surface area contributed by atoms with E-state index < -0.39 is 10.0 Å². The van der Waals surface area contributed by atoms with E-state index in [1.54, 1.807) is 12.1 Å². The zero-order chi connectivity index (χ0) is 12.9. The summed E-state index contributed by atoms with van der Waals surface area (Å²) in [6.45, 7) is 3.70. The Morgan fingerprint density at radius 1 is 1.33 bits per heavy atom. The molecule has 104 valence electrons. The summed E-state index contributed by atoms with van der Waals surface area (Å²) in [4.78, 5) is 0.154. The Morgan fingerprint density at radius 3 is 2.61 bits per heavy atom. The molecule has 0 saturated carbocycles. The quantitative estimate of drug-likeness (QED) is 0.748. The van der Waals surface area contributed by atoms with Crippen molar-refractivity contribution in [3.63, 3.8) is 0 Å². The van der Waals surface area contributed by atoms with E-state index in [0.29, 0.717) is 22.6 Å². The van der Waals surface area contributed by atoms with Crippen molar-refractivity contribution in [3.05, 3.63) is 27.7 Å². The highest BCUT2D eigenvalue weighted by Crippen LogP contribution is 2.29. The molecule has 0 saturated heterocycles. The van der Waals surface area contributed by atoms with Gasteiger partial charge in [0.25, 0.3) is 0 Å². The van der Waals surface area contributed by atoms with Gasteiger partial charge in [-0.05, 0) is 34.6 Å². The summed E-state index contributed by atoms with van der Waals surface area (Å²) in [5, 5.41) is 3.41. The van der Waals surface area contributed by atoms with Crippen molar-refractivity contribution in [1.29, 1.82) is 0 Å². The summed E-state index contributed by atoms with van der Waals surface area (Å²) >= 11 is 9.02. The molecule has 0 atom stereocenters. The molecule has 0 aliphatic carbocycles. The van der Waals surface area contributed by atoms with Gasteiger partial charge >= 0.3 is 0 Å². The first-order chi connectivity index (χ1) is 7.99. The van der Waals surface area contributed by atoms with Gasteiger partial charge in [0.05, 0.1) is 14.4 Å². The lowest BCUT2D eigenvalue weighted by Crippen LogP contribution is -2.31. The van der Waals surface area contributed by atoms with E-state index in [-0.39, 0.29) is 17.3 Å². The highest BCUT2D eigenvalue weighted by molar-refractivity contribution is 9.10. The molecule has 0 radical (unpaired) electrons. The summed E-state index contributed by atoms with van der Waals surface area (Å²) in [6, 6.07) is 4.74. The zero-order valence-electron chi connectivity index (χ0n) is 9.74. The second-order valence-electron chi connectivity index (χ2n) is 3.30. The molecular formula is C10H15BrCl2N2O2S. The minimum atomic E-state index is -3.52. The Balaban J connectivity index is 0.00000289. The molecule has 4 nitrogen and oxygen atoms in total. The number of hydrogen-bond acceptors (Lipinski definition) is 3. The number of benzene rings is 1. The average Bonchev–Trinajstić information content (AvgIpc) is 2.28. The highest BCUT2D eigenvalue weighted by Gasteiger charge is 2.18. The van der Waals surface area contributed by atoms with Crippen LogP contribution in [0.5, 0.6) is 0 Å². The van der Waals surface area contributed by atoms with E-state index in [1.165, 1.54) is 6.07 Å². The van der Waals surface area contributed by atoms with Gasteiger partial charge in [-0.2, -0.15) is 0 Å². The summed E-state index contributed by atoms with van der Waals surface area (Å²) in [5.41, 5.74) is 0. The standard InChI is InChI=1S/C10H14BrClN2O2S.ClH/c1-2-13-6-7-14-17(15,16)9-5-3-4-8(12)10(9)11;/h3-5,13-14H,2,6-7H2,1H3;1H. The molecule has 0 heterocycles. The predicted octanol–water partition coefficient (Wildman–Crippen LogP) is 2.41. The molecule has 1 aromatic rings. The fourth-order valence-electron chi connectivity index (χ4n) is 1.22. The van der Waals surface area contributed by atoms with E-state index in [0.717, 1.165) is 6.54 Å². The second kappa shape index (κ2) is 8.35. The third kappa shape index (κ3) is 5.03. The fourth-order valence-corrected chi connectivity index (χ4v) is 3.48. The number of halogens is 3. The highest BCUT2D eigenvalue weighted by atomic mass is 79.9. The number of likely N-dealkylation sites (N-methyl/N-ethyl adjacent to an activating group) is 1. The predicted molar refractivity (Wildman–Crippen MR) is 80.1 cm³/mol. The summed E-state index contributed by atoms with van der Waals surface area (Å²) < 4.78 is 26.8. The molecule has 0 fully saturated rings. The van der Waals surface area contributed by atoms with Crippen molar-refractivity contribution < 1.29 is 8.42 Å². The van der Waals surface area contributed by atoms with E-state index in [2.05, 4.69) is 26.0 Å². The van der Waals surface area contributed by atoms with Gasteiger partial charge in [0, 0.05) is 13.1 Å². The Hall–Kier alpha value is 0.150. The molecule has 1 rings (SSSR count). The van der Waals surface area contributed by atoms with E-state index >= 15 is 0 Å². The lowest BCUT2D eigenvalue weighted by atomic mass is 10.4. The molecule has 0 unspecified atom stereocenters. The molecule has 18 heavy (non-hydrogen) atoms. The Morgan fingerprint density at radius 2 is 2.00 bits per heavy atom. The maximum atomic E-state index is 11.9. The lowest BCUT2D eigenvalue weighted by molar-refractivity contribution is 0.577. The molecule has 8 heteroatoms. The van der Waals surface area contributed by atoms with Crippen LogP contribution >= 0.6 is 39.9 Å². The maximum absolute atomic E-state index is 11.9. The Bertz CT molecular complexity index is 483. The lowest BCUT2D eigenvalue weighted by Gasteiger charge is -2.09. The van der Waals surface area contributed by atoms with Gasteiger partial charge in [-0.1, -0.05) is 24.6 Å². The van der Waals surface area contributed by atoms with Crippen molar-refractivity contribution in [3.8, 4) is 0 Å². The van der Waals surface area contributed by atoms with Crippen LogP contribution in [0.15, 0.2) is 27.6 Å². The minimum Gasteiger partial charge on any atom is -0.316 e. The second-order valence-corrected chi connectivity index (χ2v) is 6.24. The van der Waals surface area contributed by atoms with Crippen LogP contribution in [0.25, 0.3) is 0 Å². The van der Waals surface area contributed by atoms with Gasteiger partial charge in [0.1, 0.15) is 0 Å². The fraction of sp³-hybridized carbons (Fsp3) is 0.400. The normalized spacial score (nSPS) is 11.1. The summed E-state index contributed by atoms with van der Waals surface area (Å²) in [6.07, 6.45) is 0. The Labute approximate surface area is 127 Å².